The number of aromatic amines is 1. The van der Waals surface area contributed by atoms with Gasteiger partial charge in [0.05, 0.1) is 29.2 Å². The fourth-order valence-corrected chi connectivity index (χ4v) is 6.31. The van der Waals surface area contributed by atoms with Gasteiger partial charge in [-0.2, -0.15) is 0 Å². The lowest BCUT2D eigenvalue weighted by atomic mass is 10.1. The molecule has 0 bridgehead atoms. The van der Waals surface area contributed by atoms with Crippen molar-refractivity contribution in [3.8, 4) is 28.5 Å². The molecule has 0 atom stereocenters. The maximum atomic E-state index is 13.4. The van der Waals surface area contributed by atoms with E-state index in [2.05, 4.69) is 9.71 Å². The molecule has 6 N–H and O–H groups in total. The number of carboxylic acid groups (broad SMARTS) is 4. The monoisotopic (exact) mass is 747 g/mol. The Balaban J connectivity index is 1.37. The number of carboxylic acids is 4. The van der Waals surface area contributed by atoms with E-state index in [0.717, 1.165) is 5.39 Å². The number of sulfonamides is 1. The molecule has 1 heterocycles. The van der Waals surface area contributed by atoms with E-state index in [9.17, 15) is 42.9 Å². The fraction of sp³-hybridized carbons (Fsp3) is 0.167. The Kier molecular flexibility index (Phi) is 11.8. The summed E-state index contributed by atoms with van der Waals surface area (Å²) in [6, 6.07) is 23.0. The highest BCUT2D eigenvalue weighted by Gasteiger charge is 2.20. The minimum Gasteiger partial charge on any atom is -0.490 e. The average molecular weight is 748 g/mol. The van der Waals surface area contributed by atoms with Gasteiger partial charge in [-0.05, 0) is 60.7 Å². The number of nitrogens with zero attached hydrogens (tertiary/aromatic N) is 1. The Morgan fingerprint density at radius 3 is 2.06 bits per heavy atom. The zero-order chi connectivity index (χ0) is 38.1. The topological polar surface area (TPSA) is 242 Å². The summed E-state index contributed by atoms with van der Waals surface area (Å²) in [6.45, 7) is -1.76. The van der Waals surface area contributed by atoms with Crippen molar-refractivity contribution in [2.45, 2.75) is 11.4 Å². The van der Waals surface area contributed by atoms with Gasteiger partial charge in [-0.15, -0.1) is 0 Å². The number of H-pyrrole nitrogens is 1. The molecule has 276 valence electrons. The number of carbonyl (C=O) groups is 4. The van der Waals surface area contributed by atoms with E-state index in [0.29, 0.717) is 28.1 Å². The summed E-state index contributed by atoms with van der Waals surface area (Å²) in [5.41, 5.74) is 2.45. The second kappa shape index (κ2) is 16.6. The number of hydrogen-bond acceptors (Lipinski definition) is 10. The van der Waals surface area contributed by atoms with Crippen molar-refractivity contribution >= 4 is 50.5 Å². The summed E-state index contributed by atoms with van der Waals surface area (Å²) in [5, 5.41) is 37.4. The van der Waals surface area contributed by atoms with Crippen molar-refractivity contribution in [2.24, 2.45) is 0 Å². The smallest absolute Gasteiger partial charge is 0.341 e. The molecule has 0 aliphatic carbocycles. The highest BCUT2D eigenvalue weighted by molar-refractivity contribution is 7.92. The SMILES string of the molecule is O=C(O)COc1ccc(S(=O)(=O)Nc2ccc(-c3cc4ccc(C(=O)O)cc4[nH]3)cc2OCCOc2ccccc2CN(CC(=O)O)CC(=O)O)cc1. The van der Waals surface area contributed by atoms with Crippen LogP contribution in [0.15, 0.2) is 95.9 Å². The first kappa shape index (κ1) is 37.7. The maximum Gasteiger partial charge on any atom is 0.341 e. The highest BCUT2D eigenvalue weighted by Crippen LogP contribution is 2.34. The Morgan fingerprint density at radius 2 is 1.40 bits per heavy atom. The summed E-state index contributed by atoms with van der Waals surface area (Å²) in [7, 11) is -4.19. The van der Waals surface area contributed by atoms with Crippen LogP contribution in [0.25, 0.3) is 22.2 Å². The molecule has 0 saturated heterocycles. The Morgan fingerprint density at radius 1 is 0.717 bits per heavy atom. The van der Waals surface area contributed by atoms with Gasteiger partial charge in [0.1, 0.15) is 30.5 Å². The van der Waals surface area contributed by atoms with Crippen molar-refractivity contribution in [2.75, 3.05) is 37.6 Å². The Bertz CT molecular complexity index is 2240. The first-order valence-electron chi connectivity index (χ1n) is 15.7. The molecule has 0 amide bonds. The van der Waals surface area contributed by atoms with Crippen molar-refractivity contribution in [1.82, 2.24) is 9.88 Å². The summed E-state index contributed by atoms with van der Waals surface area (Å²) >= 11 is 0. The largest absolute Gasteiger partial charge is 0.490 e. The van der Waals surface area contributed by atoms with Gasteiger partial charge in [0.25, 0.3) is 10.0 Å². The molecule has 0 radical (unpaired) electrons. The first-order valence-corrected chi connectivity index (χ1v) is 17.2. The molecule has 0 aliphatic rings. The van der Waals surface area contributed by atoms with E-state index in [1.807, 2.05) is 0 Å². The van der Waals surface area contributed by atoms with E-state index in [4.69, 9.17) is 19.3 Å². The van der Waals surface area contributed by atoms with E-state index in [1.165, 1.54) is 47.4 Å². The van der Waals surface area contributed by atoms with Crippen molar-refractivity contribution in [3.05, 3.63) is 102 Å². The van der Waals surface area contributed by atoms with Crippen molar-refractivity contribution in [3.63, 3.8) is 0 Å². The highest BCUT2D eigenvalue weighted by atomic mass is 32.2. The molecule has 4 aromatic carbocycles. The number of aromatic nitrogens is 1. The molecule has 17 heteroatoms. The van der Waals surface area contributed by atoms with Crippen LogP contribution in [0.5, 0.6) is 17.2 Å². The lowest BCUT2D eigenvalue weighted by molar-refractivity contribution is -0.142. The zero-order valence-electron chi connectivity index (χ0n) is 27.7. The number of benzene rings is 4. The molecule has 16 nitrogen and oxygen atoms in total. The van der Waals surface area contributed by atoms with E-state index < -0.39 is 53.6 Å². The summed E-state index contributed by atoms with van der Waals surface area (Å²) in [4.78, 5) is 49.1. The number of ether oxygens (including phenoxy) is 3. The van der Waals surface area contributed by atoms with Crippen LogP contribution >= 0.6 is 0 Å². The van der Waals surface area contributed by atoms with Gasteiger partial charge in [-0.3, -0.25) is 19.2 Å². The van der Waals surface area contributed by atoms with Gasteiger partial charge in [0.15, 0.2) is 6.61 Å². The molecule has 0 saturated carbocycles. The molecule has 0 unspecified atom stereocenters. The third-order valence-corrected chi connectivity index (χ3v) is 8.97. The molecule has 0 fully saturated rings. The molecule has 5 aromatic rings. The van der Waals surface area contributed by atoms with E-state index in [1.54, 1.807) is 48.5 Å². The lowest BCUT2D eigenvalue weighted by Crippen LogP contribution is -2.34. The fourth-order valence-electron chi connectivity index (χ4n) is 5.24. The van der Waals surface area contributed by atoms with Gasteiger partial charge in [0.2, 0.25) is 0 Å². The predicted octanol–water partition coefficient (Wildman–Crippen LogP) is 4.23. The number of para-hydroxylation sites is 1. The molecule has 0 aliphatic heterocycles. The van der Waals surface area contributed by atoms with E-state index in [-0.39, 0.29) is 47.4 Å². The van der Waals surface area contributed by atoms with Crippen LogP contribution in [-0.2, 0) is 31.0 Å². The van der Waals surface area contributed by atoms with Crippen LogP contribution < -0.4 is 18.9 Å². The predicted molar refractivity (Wildman–Crippen MR) is 189 cm³/mol. The quantitative estimate of drug-likeness (QED) is 0.0648. The minimum atomic E-state index is -4.19. The molecular weight excluding hydrogens is 714 g/mol. The van der Waals surface area contributed by atoms with Gasteiger partial charge in [0, 0.05) is 34.3 Å². The molecular formula is C36H33N3O13S. The van der Waals surface area contributed by atoms with Gasteiger partial charge in [-0.1, -0.05) is 30.3 Å². The summed E-state index contributed by atoms with van der Waals surface area (Å²) in [6.07, 6.45) is 0. The van der Waals surface area contributed by atoms with Gasteiger partial charge < -0.3 is 39.6 Å². The zero-order valence-corrected chi connectivity index (χ0v) is 28.5. The van der Waals surface area contributed by atoms with E-state index >= 15 is 0 Å². The number of rotatable bonds is 19. The number of anilines is 1. The van der Waals surface area contributed by atoms with Crippen LogP contribution in [0.1, 0.15) is 15.9 Å². The number of aliphatic carboxylic acids is 3. The van der Waals surface area contributed by atoms with Gasteiger partial charge >= 0.3 is 23.9 Å². The molecule has 0 spiro atoms. The summed E-state index contributed by atoms with van der Waals surface area (Å²) in [5.74, 6) is -4.02. The Hall–Kier alpha value is -6.59. The van der Waals surface area contributed by atoms with Crippen LogP contribution in [0, 0.1) is 0 Å². The van der Waals surface area contributed by atoms with Crippen LogP contribution in [0.3, 0.4) is 0 Å². The standard InChI is InChI=1S/C36H33N3O13S/c40-33(41)19-39(20-34(42)43)18-25-3-1-2-4-31(25)50-13-14-51-32-17-23(29-15-22-5-6-24(36(46)47)16-30(22)37-29)7-12-28(32)38-53(48,49)27-10-8-26(9-11-27)52-21-35(44)45/h1-12,15-17,37-38H,13-14,18-21H2,(H,40,41)(H,42,43)(H,44,45)(H,46,47). The molecule has 53 heavy (non-hydrogen) atoms. The molecule has 5 rings (SSSR count). The van der Waals surface area contributed by atoms with Crippen molar-refractivity contribution < 1.29 is 62.2 Å². The first-order chi connectivity index (χ1) is 25.3. The third-order valence-electron chi connectivity index (χ3n) is 7.59. The number of fused-ring (bicyclic) bond motifs is 1. The molecule has 1 aromatic heterocycles. The van der Waals surface area contributed by atoms with Gasteiger partial charge in [-0.25, -0.2) is 18.0 Å². The second-order valence-electron chi connectivity index (χ2n) is 11.5. The van der Waals surface area contributed by atoms with Crippen LogP contribution in [-0.4, -0.2) is 95.5 Å². The third kappa shape index (κ3) is 10.2. The number of nitrogens with one attached hydrogen (secondary N) is 2. The summed E-state index contributed by atoms with van der Waals surface area (Å²) < 4.78 is 46.4. The number of hydrogen-bond donors (Lipinski definition) is 6. The van der Waals surface area contributed by atoms with Crippen LogP contribution in [0.2, 0.25) is 0 Å². The van der Waals surface area contributed by atoms with Crippen molar-refractivity contribution in [1.29, 1.82) is 0 Å². The normalized spacial score (nSPS) is 11.3. The average Bonchev–Trinajstić information content (AvgIpc) is 3.53. The number of aromatic carboxylic acids is 1. The Labute approximate surface area is 301 Å². The maximum absolute atomic E-state index is 13.4. The second-order valence-corrected chi connectivity index (χ2v) is 13.2. The minimum absolute atomic E-state index is 0.0191. The lowest BCUT2D eigenvalue weighted by Gasteiger charge is -2.20. The van der Waals surface area contributed by atoms with Crippen LogP contribution in [0.4, 0.5) is 5.69 Å².